The first-order chi connectivity index (χ1) is 7.83. The summed E-state index contributed by atoms with van der Waals surface area (Å²) in [4.78, 5) is 5.04. The third-order valence-electron chi connectivity index (χ3n) is 4.03. The molecule has 1 atom stereocenters. The number of thiocarbonyl (C=S) groups is 1. The number of piperidine rings is 1. The van der Waals surface area contributed by atoms with Crippen molar-refractivity contribution in [1.29, 1.82) is 0 Å². The Kier molecular flexibility index (Phi) is 3.03. The molecule has 1 N–H and O–H groups in total. The van der Waals surface area contributed by atoms with Gasteiger partial charge in [-0.3, -0.25) is 4.90 Å². The summed E-state index contributed by atoms with van der Waals surface area (Å²) in [5.74, 6) is 0. The Balaban J connectivity index is 1.54. The molecule has 3 aliphatic rings. The second-order valence-corrected chi connectivity index (χ2v) is 5.74. The molecule has 3 nitrogen and oxygen atoms in total. The van der Waals surface area contributed by atoms with Crippen LogP contribution in [0.5, 0.6) is 0 Å². The Morgan fingerprint density at radius 2 is 1.94 bits per heavy atom. The Bertz CT molecular complexity index is 277. The van der Waals surface area contributed by atoms with E-state index in [1.165, 1.54) is 45.2 Å². The third-order valence-corrected chi connectivity index (χ3v) is 4.41. The van der Waals surface area contributed by atoms with E-state index in [1.54, 1.807) is 0 Å². The average Bonchev–Trinajstić information content (AvgIpc) is 3.12. The van der Waals surface area contributed by atoms with Gasteiger partial charge < -0.3 is 10.2 Å². The largest absolute Gasteiger partial charge is 0.360 e. The summed E-state index contributed by atoms with van der Waals surface area (Å²) in [7, 11) is 0. The van der Waals surface area contributed by atoms with Crippen molar-refractivity contribution in [3.05, 3.63) is 0 Å². The first-order valence-corrected chi connectivity index (χ1v) is 7.03. The topological polar surface area (TPSA) is 18.5 Å². The van der Waals surface area contributed by atoms with Crippen molar-refractivity contribution in [3.8, 4) is 0 Å². The second-order valence-electron chi connectivity index (χ2n) is 5.36. The van der Waals surface area contributed by atoms with Gasteiger partial charge in [0.2, 0.25) is 0 Å². The van der Waals surface area contributed by atoms with Crippen LogP contribution < -0.4 is 5.32 Å². The van der Waals surface area contributed by atoms with Gasteiger partial charge in [-0.2, -0.15) is 0 Å². The van der Waals surface area contributed by atoms with Gasteiger partial charge in [-0.25, -0.2) is 0 Å². The molecule has 0 bridgehead atoms. The molecule has 1 aliphatic carbocycles. The summed E-state index contributed by atoms with van der Waals surface area (Å²) in [6.07, 6.45) is 6.77. The fraction of sp³-hybridized carbons (Fsp3) is 0.917. The first-order valence-electron chi connectivity index (χ1n) is 6.62. The zero-order valence-corrected chi connectivity index (χ0v) is 10.6. The number of hydrogen-bond donors (Lipinski definition) is 1. The zero-order chi connectivity index (χ0) is 11.0. The van der Waals surface area contributed by atoms with Crippen molar-refractivity contribution in [1.82, 2.24) is 15.1 Å². The summed E-state index contributed by atoms with van der Waals surface area (Å²) in [5, 5.41) is 4.47. The fourth-order valence-corrected chi connectivity index (χ4v) is 3.17. The van der Waals surface area contributed by atoms with Crippen molar-refractivity contribution >= 4 is 17.3 Å². The van der Waals surface area contributed by atoms with Gasteiger partial charge in [0.05, 0.1) is 0 Å². The maximum absolute atomic E-state index is 5.48. The Labute approximate surface area is 103 Å². The molecule has 2 aliphatic heterocycles. The van der Waals surface area contributed by atoms with Gasteiger partial charge in [-0.05, 0) is 44.4 Å². The number of nitrogens with zero attached hydrogens (tertiary/aromatic N) is 2. The van der Waals surface area contributed by atoms with E-state index >= 15 is 0 Å². The molecule has 0 aromatic heterocycles. The van der Waals surface area contributed by atoms with E-state index in [2.05, 4.69) is 15.1 Å². The monoisotopic (exact) mass is 239 g/mol. The second kappa shape index (κ2) is 4.49. The highest BCUT2D eigenvalue weighted by atomic mass is 32.1. The lowest BCUT2D eigenvalue weighted by Crippen LogP contribution is -2.58. The van der Waals surface area contributed by atoms with Crippen LogP contribution >= 0.6 is 12.2 Å². The van der Waals surface area contributed by atoms with Gasteiger partial charge in [0, 0.05) is 31.7 Å². The van der Waals surface area contributed by atoms with E-state index in [1.807, 2.05) is 0 Å². The Morgan fingerprint density at radius 3 is 2.75 bits per heavy atom. The van der Waals surface area contributed by atoms with Crippen LogP contribution in [0.3, 0.4) is 0 Å². The van der Waals surface area contributed by atoms with E-state index in [0.29, 0.717) is 6.04 Å². The van der Waals surface area contributed by atoms with Crippen LogP contribution in [-0.4, -0.2) is 53.2 Å². The average molecular weight is 239 g/mol. The molecule has 3 fully saturated rings. The van der Waals surface area contributed by atoms with Crippen LogP contribution in [0.15, 0.2) is 0 Å². The Morgan fingerprint density at radius 1 is 1.06 bits per heavy atom. The maximum atomic E-state index is 5.48. The molecule has 16 heavy (non-hydrogen) atoms. The summed E-state index contributed by atoms with van der Waals surface area (Å²) in [6, 6.07) is 1.46. The van der Waals surface area contributed by atoms with E-state index in [0.717, 1.165) is 24.2 Å². The van der Waals surface area contributed by atoms with Gasteiger partial charge in [-0.15, -0.1) is 0 Å². The molecular weight excluding hydrogens is 218 g/mol. The number of piperazine rings is 1. The maximum Gasteiger partial charge on any atom is 0.169 e. The van der Waals surface area contributed by atoms with E-state index in [-0.39, 0.29) is 0 Å². The highest BCUT2D eigenvalue weighted by Gasteiger charge is 2.31. The van der Waals surface area contributed by atoms with Gasteiger partial charge in [0.25, 0.3) is 0 Å². The van der Waals surface area contributed by atoms with Gasteiger partial charge in [0.15, 0.2) is 5.11 Å². The van der Waals surface area contributed by atoms with Crippen molar-refractivity contribution in [2.45, 2.75) is 44.2 Å². The Hall–Kier alpha value is -0.350. The molecule has 0 aromatic carbocycles. The molecule has 1 saturated carbocycles. The quantitative estimate of drug-likeness (QED) is 0.693. The van der Waals surface area contributed by atoms with Gasteiger partial charge in [-0.1, -0.05) is 6.42 Å². The number of nitrogens with one attached hydrogen (secondary N) is 1. The van der Waals surface area contributed by atoms with Crippen LogP contribution in [0.4, 0.5) is 0 Å². The smallest absolute Gasteiger partial charge is 0.169 e. The number of fused-ring (bicyclic) bond motifs is 1. The van der Waals surface area contributed by atoms with Gasteiger partial charge in [0.1, 0.15) is 0 Å². The third kappa shape index (κ3) is 2.33. The molecule has 90 valence electrons. The highest BCUT2D eigenvalue weighted by Crippen LogP contribution is 2.22. The van der Waals surface area contributed by atoms with Crippen LogP contribution in [0, 0.1) is 0 Å². The van der Waals surface area contributed by atoms with Gasteiger partial charge >= 0.3 is 0 Å². The SMILES string of the molecule is S=C(NC1CC1)N1CCN2CCCCC2C1. The molecule has 3 rings (SSSR count). The van der Waals surface area contributed by atoms with Crippen LogP contribution in [0.2, 0.25) is 0 Å². The van der Waals surface area contributed by atoms with Crippen LogP contribution in [-0.2, 0) is 0 Å². The zero-order valence-electron chi connectivity index (χ0n) is 9.82. The van der Waals surface area contributed by atoms with Crippen LogP contribution in [0.25, 0.3) is 0 Å². The molecule has 0 spiro atoms. The summed E-state index contributed by atoms with van der Waals surface area (Å²) >= 11 is 5.48. The summed E-state index contributed by atoms with van der Waals surface area (Å²) in [5.41, 5.74) is 0. The van der Waals surface area contributed by atoms with E-state index in [4.69, 9.17) is 12.2 Å². The molecule has 2 saturated heterocycles. The lowest BCUT2D eigenvalue weighted by atomic mass is 10.00. The molecule has 0 radical (unpaired) electrons. The van der Waals surface area contributed by atoms with Crippen molar-refractivity contribution in [2.75, 3.05) is 26.2 Å². The minimum atomic E-state index is 0.692. The molecular formula is C12H21N3S. The molecule has 2 heterocycles. The predicted octanol–water partition coefficient (Wildman–Crippen LogP) is 1.19. The van der Waals surface area contributed by atoms with Crippen molar-refractivity contribution < 1.29 is 0 Å². The fourth-order valence-electron chi connectivity index (χ4n) is 2.83. The predicted molar refractivity (Wildman–Crippen MR) is 69.5 cm³/mol. The summed E-state index contributed by atoms with van der Waals surface area (Å²) < 4.78 is 0. The molecule has 4 heteroatoms. The van der Waals surface area contributed by atoms with Crippen LogP contribution in [0.1, 0.15) is 32.1 Å². The van der Waals surface area contributed by atoms with Crippen molar-refractivity contribution in [2.24, 2.45) is 0 Å². The van der Waals surface area contributed by atoms with Crippen molar-refractivity contribution in [3.63, 3.8) is 0 Å². The molecule has 0 amide bonds. The lowest BCUT2D eigenvalue weighted by Gasteiger charge is -2.44. The van der Waals surface area contributed by atoms with E-state index in [9.17, 15) is 0 Å². The number of hydrogen-bond acceptors (Lipinski definition) is 2. The first kappa shape index (κ1) is 10.8. The highest BCUT2D eigenvalue weighted by molar-refractivity contribution is 7.80. The normalized spacial score (nSPS) is 31.0. The molecule has 0 aromatic rings. The summed E-state index contributed by atoms with van der Waals surface area (Å²) in [6.45, 7) is 4.78. The standard InChI is InChI=1S/C12H21N3S/c16-12(13-10-4-5-10)15-8-7-14-6-2-1-3-11(14)9-15/h10-11H,1-9H2,(H,13,16). The minimum absolute atomic E-state index is 0.692. The lowest BCUT2D eigenvalue weighted by molar-refractivity contribution is 0.0798. The molecule has 1 unspecified atom stereocenters. The van der Waals surface area contributed by atoms with E-state index < -0.39 is 0 Å². The minimum Gasteiger partial charge on any atom is -0.360 e. The number of rotatable bonds is 1.